The van der Waals surface area contributed by atoms with Crippen LogP contribution in [0.4, 0.5) is 0 Å². The third kappa shape index (κ3) is 5.03. The Balaban J connectivity index is 2.76. The summed E-state index contributed by atoms with van der Waals surface area (Å²) in [7, 11) is -1.79. The molecule has 0 aromatic heterocycles. The average molecular weight is 332 g/mol. The molecule has 5 heteroatoms. The van der Waals surface area contributed by atoms with Gasteiger partial charge in [-0.05, 0) is 52.2 Å². The summed E-state index contributed by atoms with van der Waals surface area (Å²) < 4.78 is 12.5. The molecule has 1 saturated heterocycles. The molecule has 3 atom stereocenters. The Morgan fingerprint density at radius 3 is 2.09 bits per heavy atom. The fourth-order valence-corrected chi connectivity index (χ4v) is 3.92. The maximum Gasteiger partial charge on any atom is 0.192 e. The summed E-state index contributed by atoms with van der Waals surface area (Å²) in [6.07, 6.45) is 1.07. The Labute approximate surface area is 138 Å². The molecule has 0 spiro atoms. The van der Waals surface area contributed by atoms with Crippen LogP contribution in [0.25, 0.3) is 0 Å². The maximum absolute atomic E-state index is 9.72. The van der Waals surface area contributed by atoms with Gasteiger partial charge in [0.25, 0.3) is 0 Å². The molecule has 0 saturated carbocycles. The normalized spacial score (nSPS) is 28.4. The van der Waals surface area contributed by atoms with Crippen molar-refractivity contribution in [3.63, 3.8) is 0 Å². The highest BCUT2D eigenvalue weighted by Gasteiger charge is 2.45. The number of aliphatic hydroxyl groups excluding tert-OH is 1. The van der Waals surface area contributed by atoms with Crippen molar-refractivity contribution < 1.29 is 14.3 Å². The molecule has 132 valence electrons. The van der Waals surface area contributed by atoms with Crippen LogP contribution in [-0.2, 0) is 9.16 Å². The van der Waals surface area contributed by atoms with Gasteiger partial charge in [-0.25, -0.2) is 0 Å². The van der Waals surface area contributed by atoms with E-state index >= 15 is 0 Å². The molecule has 1 aliphatic heterocycles. The molecule has 0 aromatic carbocycles. The maximum atomic E-state index is 9.72. The lowest BCUT2D eigenvalue weighted by Gasteiger charge is -2.40. The van der Waals surface area contributed by atoms with Gasteiger partial charge in [0.2, 0.25) is 0 Å². The smallest absolute Gasteiger partial charge is 0.192 e. The highest BCUT2D eigenvalue weighted by Crippen LogP contribution is 2.40. The summed E-state index contributed by atoms with van der Waals surface area (Å²) >= 11 is 0. The second-order valence-electron chi connectivity index (χ2n) is 9.13. The van der Waals surface area contributed by atoms with Crippen molar-refractivity contribution in [3.8, 4) is 0 Å². The van der Waals surface area contributed by atoms with E-state index in [2.05, 4.69) is 66.5 Å². The predicted octanol–water partition coefficient (Wildman–Crippen LogP) is 3.60. The summed E-state index contributed by atoms with van der Waals surface area (Å²) in [5, 5.41) is 9.92. The van der Waals surface area contributed by atoms with E-state index in [-0.39, 0.29) is 35.4 Å². The van der Waals surface area contributed by atoms with Crippen LogP contribution in [0.1, 0.15) is 54.9 Å². The summed E-state index contributed by atoms with van der Waals surface area (Å²) in [6, 6.07) is 0.403. The Hall–Kier alpha value is 0.0569. The van der Waals surface area contributed by atoms with Gasteiger partial charge in [0.05, 0.1) is 18.3 Å². The average Bonchev–Trinajstić information content (AvgIpc) is 2.60. The number of rotatable bonds is 5. The first-order valence-electron chi connectivity index (χ1n) is 8.47. The molecule has 1 N–H and O–H groups in total. The van der Waals surface area contributed by atoms with E-state index in [1.54, 1.807) is 0 Å². The highest BCUT2D eigenvalue weighted by atomic mass is 28.4. The molecule has 22 heavy (non-hydrogen) atoms. The summed E-state index contributed by atoms with van der Waals surface area (Å²) in [6.45, 7) is 20.5. The van der Waals surface area contributed by atoms with Gasteiger partial charge in [0.1, 0.15) is 6.73 Å². The van der Waals surface area contributed by atoms with Crippen LogP contribution in [0.3, 0.4) is 0 Å². The molecule has 0 radical (unpaired) electrons. The first-order valence-corrected chi connectivity index (χ1v) is 11.4. The van der Waals surface area contributed by atoms with E-state index in [4.69, 9.17) is 9.16 Å². The molecule has 0 aliphatic carbocycles. The van der Waals surface area contributed by atoms with Crippen LogP contribution in [0.5, 0.6) is 0 Å². The molecule has 0 unspecified atom stereocenters. The molecule has 1 heterocycles. The number of aliphatic hydroxyl groups is 1. The van der Waals surface area contributed by atoms with Crippen molar-refractivity contribution in [2.24, 2.45) is 0 Å². The number of nitrogens with zero attached hydrogens (tertiary/aromatic N) is 1. The van der Waals surface area contributed by atoms with Gasteiger partial charge in [-0.3, -0.25) is 4.90 Å². The van der Waals surface area contributed by atoms with Gasteiger partial charge < -0.3 is 14.3 Å². The fourth-order valence-electron chi connectivity index (χ4n) is 2.52. The van der Waals surface area contributed by atoms with E-state index in [0.717, 1.165) is 6.42 Å². The number of likely N-dealkylation sites (tertiary alicyclic amines) is 1. The number of ether oxygens (including phenoxy) is 1. The lowest BCUT2D eigenvalue weighted by Crippen LogP contribution is -2.47. The third-order valence-corrected chi connectivity index (χ3v) is 9.65. The molecule has 0 aromatic rings. The predicted molar refractivity (Wildman–Crippen MR) is 94.6 cm³/mol. The quantitative estimate of drug-likeness (QED) is 0.782. The van der Waals surface area contributed by atoms with Crippen molar-refractivity contribution in [2.45, 2.75) is 96.8 Å². The minimum atomic E-state index is -1.79. The Kier molecular flexibility index (Phi) is 6.30. The Morgan fingerprint density at radius 2 is 1.68 bits per heavy atom. The number of hydrogen-bond acceptors (Lipinski definition) is 4. The van der Waals surface area contributed by atoms with Gasteiger partial charge in [0.15, 0.2) is 8.32 Å². The van der Waals surface area contributed by atoms with Crippen molar-refractivity contribution >= 4 is 8.32 Å². The fraction of sp³-hybridized carbons (Fsp3) is 1.00. The van der Waals surface area contributed by atoms with Gasteiger partial charge >= 0.3 is 0 Å². The molecule has 1 aliphatic rings. The zero-order valence-corrected chi connectivity index (χ0v) is 17.1. The van der Waals surface area contributed by atoms with Gasteiger partial charge in [0, 0.05) is 12.1 Å². The highest BCUT2D eigenvalue weighted by molar-refractivity contribution is 6.74. The van der Waals surface area contributed by atoms with Crippen LogP contribution in [0.15, 0.2) is 0 Å². The molecular formula is C17H37NO3Si. The van der Waals surface area contributed by atoms with Crippen LogP contribution >= 0.6 is 0 Å². The Bertz CT molecular complexity index is 360. The van der Waals surface area contributed by atoms with Crippen molar-refractivity contribution in [2.75, 3.05) is 13.3 Å². The largest absolute Gasteiger partial charge is 0.412 e. The lowest BCUT2D eigenvalue weighted by molar-refractivity contribution is -0.0847. The van der Waals surface area contributed by atoms with Gasteiger partial charge in [-0.2, -0.15) is 0 Å². The Morgan fingerprint density at radius 1 is 1.14 bits per heavy atom. The van der Waals surface area contributed by atoms with E-state index in [9.17, 15) is 5.11 Å². The standard InChI is InChI=1S/C17H37NO3Si/c1-13-15(21-22(8,9)17(5,6)7)10-14(11-19)18(13)12-20-16(2,3)4/h13-15,19H,10-12H2,1-9H3/t13-,14+,15-/m1/s1. The summed E-state index contributed by atoms with van der Waals surface area (Å²) in [5.74, 6) is 0. The van der Waals surface area contributed by atoms with Crippen molar-refractivity contribution in [1.82, 2.24) is 4.90 Å². The molecule has 1 fully saturated rings. The van der Waals surface area contributed by atoms with Crippen LogP contribution in [-0.4, -0.2) is 55.5 Å². The summed E-state index contributed by atoms with van der Waals surface area (Å²) in [4.78, 5) is 2.25. The van der Waals surface area contributed by atoms with E-state index in [1.807, 2.05) is 0 Å². The van der Waals surface area contributed by atoms with E-state index in [1.165, 1.54) is 0 Å². The van der Waals surface area contributed by atoms with Crippen molar-refractivity contribution in [3.05, 3.63) is 0 Å². The van der Waals surface area contributed by atoms with Crippen LogP contribution in [0.2, 0.25) is 18.1 Å². The SMILES string of the molecule is C[C@@H]1[C@H](O[Si](C)(C)C(C)(C)C)C[C@@H](CO)N1COC(C)(C)C. The monoisotopic (exact) mass is 331 g/mol. The van der Waals surface area contributed by atoms with Gasteiger partial charge in [-0.15, -0.1) is 0 Å². The second-order valence-corrected chi connectivity index (χ2v) is 13.9. The van der Waals surface area contributed by atoms with Gasteiger partial charge in [-0.1, -0.05) is 20.8 Å². The van der Waals surface area contributed by atoms with Crippen LogP contribution < -0.4 is 0 Å². The minimum absolute atomic E-state index is 0.132. The van der Waals surface area contributed by atoms with Crippen molar-refractivity contribution in [1.29, 1.82) is 0 Å². The molecular weight excluding hydrogens is 294 g/mol. The zero-order valence-electron chi connectivity index (χ0n) is 16.1. The lowest BCUT2D eigenvalue weighted by atomic mass is 10.2. The number of hydrogen-bond donors (Lipinski definition) is 1. The van der Waals surface area contributed by atoms with Crippen LogP contribution in [0, 0.1) is 0 Å². The molecule has 1 rings (SSSR count). The molecule has 4 nitrogen and oxygen atoms in total. The third-order valence-electron chi connectivity index (χ3n) is 5.14. The first-order chi connectivity index (χ1) is 9.78. The first kappa shape index (κ1) is 20.1. The zero-order chi connectivity index (χ0) is 17.3. The second kappa shape index (κ2) is 6.89. The topological polar surface area (TPSA) is 41.9 Å². The molecule has 0 amide bonds. The van der Waals surface area contributed by atoms with E-state index in [0.29, 0.717) is 6.73 Å². The molecule has 0 bridgehead atoms. The summed E-state index contributed by atoms with van der Waals surface area (Å²) in [5.41, 5.74) is -0.169. The minimum Gasteiger partial charge on any atom is -0.412 e. The van der Waals surface area contributed by atoms with E-state index < -0.39 is 8.32 Å².